The highest BCUT2D eigenvalue weighted by atomic mass is 16.6. The third-order valence-corrected chi connectivity index (χ3v) is 12.1. The van der Waals surface area contributed by atoms with Gasteiger partial charge in [-0.1, -0.05) is 238 Å². The second-order valence-electron chi connectivity index (χ2n) is 19.2. The molecule has 6 heteroatoms. The molecule has 1 unspecified atom stereocenters. The summed E-state index contributed by atoms with van der Waals surface area (Å²) in [6.45, 7) is 6.40. The van der Waals surface area contributed by atoms with Crippen molar-refractivity contribution < 1.29 is 28.6 Å². The number of hydrogen-bond acceptors (Lipinski definition) is 6. The molecule has 0 aromatic carbocycles. The highest BCUT2D eigenvalue weighted by Crippen LogP contribution is 2.13. The van der Waals surface area contributed by atoms with Crippen LogP contribution in [0.4, 0.5) is 0 Å². The van der Waals surface area contributed by atoms with Crippen LogP contribution >= 0.6 is 0 Å². The van der Waals surface area contributed by atoms with Gasteiger partial charge in [-0.15, -0.1) is 0 Å². The summed E-state index contributed by atoms with van der Waals surface area (Å²) in [4.78, 5) is 38.1. The molecular formula is C67H108O6. The molecule has 0 aliphatic heterocycles. The summed E-state index contributed by atoms with van der Waals surface area (Å²) in [5.74, 6) is -0.998. The molecule has 0 aliphatic carbocycles. The van der Waals surface area contributed by atoms with Crippen molar-refractivity contribution in [1.29, 1.82) is 0 Å². The Morgan fingerprint density at radius 3 is 0.945 bits per heavy atom. The number of unbranched alkanes of at least 4 members (excludes halogenated alkanes) is 19. The fourth-order valence-electron chi connectivity index (χ4n) is 7.65. The first-order chi connectivity index (χ1) is 36.0. The Bertz CT molecular complexity index is 1580. The Balaban J connectivity index is 4.48. The van der Waals surface area contributed by atoms with E-state index in [1.165, 1.54) is 77.0 Å². The summed E-state index contributed by atoms with van der Waals surface area (Å²) in [6.07, 6.45) is 84.5. The van der Waals surface area contributed by atoms with E-state index < -0.39 is 6.10 Å². The summed E-state index contributed by atoms with van der Waals surface area (Å²) < 4.78 is 16.8. The van der Waals surface area contributed by atoms with Crippen LogP contribution in [0.1, 0.15) is 252 Å². The van der Waals surface area contributed by atoms with Crippen LogP contribution in [0.3, 0.4) is 0 Å². The van der Waals surface area contributed by atoms with Crippen LogP contribution < -0.4 is 0 Å². The minimum absolute atomic E-state index is 0.110. The maximum Gasteiger partial charge on any atom is 0.306 e. The largest absolute Gasteiger partial charge is 0.462 e. The molecule has 6 nitrogen and oxygen atoms in total. The van der Waals surface area contributed by atoms with Gasteiger partial charge < -0.3 is 14.2 Å². The predicted octanol–water partition coefficient (Wildman–Crippen LogP) is 20.2. The second-order valence-corrected chi connectivity index (χ2v) is 19.2. The molecule has 0 saturated heterocycles. The van der Waals surface area contributed by atoms with Crippen LogP contribution in [0.2, 0.25) is 0 Å². The molecule has 0 aliphatic rings. The fourth-order valence-corrected chi connectivity index (χ4v) is 7.65. The van der Waals surface area contributed by atoms with Crippen LogP contribution in [-0.2, 0) is 28.6 Å². The normalized spacial score (nSPS) is 13.1. The van der Waals surface area contributed by atoms with E-state index in [2.05, 4.69) is 154 Å². The number of allylic oxidation sites excluding steroid dienone is 22. The maximum atomic E-state index is 12.9. The first-order valence-electron chi connectivity index (χ1n) is 29.7. The van der Waals surface area contributed by atoms with Gasteiger partial charge in [-0.25, -0.2) is 0 Å². The van der Waals surface area contributed by atoms with Crippen molar-refractivity contribution in [2.45, 2.75) is 258 Å². The quantitative estimate of drug-likeness (QED) is 0.0261. The van der Waals surface area contributed by atoms with Crippen molar-refractivity contribution in [3.05, 3.63) is 134 Å². The second kappa shape index (κ2) is 60.1. The smallest absolute Gasteiger partial charge is 0.306 e. The molecule has 1 atom stereocenters. The van der Waals surface area contributed by atoms with E-state index >= 15 is 0 Å². The molecule has 0 fully saturated rings. The minimum atomic E-state index is -0.817. The highest BCUT2D eigenvalue weighted by Gasteiger charge is 2.19. The Hall–Kier alpha value is -4.45. The molecule has 0 heterocycles. The number of hydrogen-bond donors (Lipinski definition) is 0. The topological polar surface area (TPSA) is 78.9 Å². The van der Waals surface area contributed by atoms with Crippen LogP contribution in [0.25, 0.3) is 0 Å². The zero-order valence-corrected chi connectivity index (χ0v) is 47.1. The van der Waals surface area contributed by atoms with Crippen molar-refractivity contribution in [2.75, 3.05) is 13.2 Å². The maximum absolute atomic E-state index is 12.9. The van der Waals surface area contributed by atoms with Crippen LogP contribution in [0.15, 0.2) is 134 Å². The fraction of sp³-hybridized carbons (Fsp3) is 0.627. The number of rotatable bonds is 52. The zero-order valence-electron chi connectivity index (χ0n) is 47.1. The lowest BCUT2D eigenvalue weighted by molar-refractivity contribution is -0.167. The van der Waals surface area contributed by atoms with Crippen molar-refractivity contribution in [1.82, 2.24) is 0 Å². The van der Waals surface area contributed by atoms with Gasteiger partial charge in [-0.2, -0.15) is 0 Å². The Morgan fingerprint density at radius 2 is 0.562 bits per heavy atom. The molecule has 0 saturated carbocycles. The van der Waals surface area contributed by atoms with E-state index in [0.29, 0.717) is 19.3 Å². The van der Waals surface area contributed by atoms with Gasteiger partial charge in [0.15, 0.2) is 6.10 Å². The molecule has 412 valence electrons. The summed E-state index contributed by atoms with van der Waals surface area (Å²) in [5.41, 5.74) is 0. The Kier molecular flexibility index (Phi) is 56.4. The molecule has 0 aromatic heterocycles. The van der Waals surface area contributed by atoms with Crippen LogP contribution in [0, 0.1) is 0 Å². The van der Waals surface area contributed by atoms with E-state index in [4.69, 9.17) is 14.2 Å². The van der Waals surface area contributed by atoms with Gasteiger partial charge in [0.05, 0.1) is 0 Å². The minimum Gasteiger partial charge on any atom is -0.462 e. The van der Waals surface area contributed by atoms with Gasteiger partial charge >= 0.3 is 17.9 Å². The number of esters is 3. The predicted molar refractivity (Wildman–Crippen MR) is 316 cm³/mol. The number of ether oxygens (including phenoxy) is 3. The van der Waals surface area contributed by atoms with Gasteiger partial charge in [0, 0.05) is 19.3 Å². The lowest BCUT2D eigenvalue weighted by Crippen LogP contribution is -2.30. The van der Waals surface area contributed by atoms with Gasteiger partial charge in [0.25, 0.3) is 0 Å². The van der Waals surface area contributed by atoms with Crippen molar-refractivity contribution >= 4 is 17.9 Å². The first kappa shape index (κ1) is 68.6. The van der Waals surface area contributed by atoms with Gasteiger partial charge in [-0.3, -0.25) is 14.4 Å². The van der Waals surface area contributed by atoms with E-state index in [1.54, 1.807) is 0 Å². The monoisotopic (exact) mass is 1010 g/mol. The van der Waals surface area contributed by atoms with Crippen molar-refractivity contribution in [3.63, 3.8) is 0 Å². The van der Waals surface area contributed by atoms with Gasteiger partial charge in [-0.05, 0) is 128 Å². The van der Waals surface area contributed by atoms with E-state index in [-0.39, 0.29) is 37.5 Å². The number of carbonyl (C=O) groups is 3. The van der Waals surface area contributed by atoms with Crippen molar-refractivity contribution in [2.24, 2.45) is 0 Å². The Morgan fingerprint density at radius 1 is 0.288 bits per heavy atom. The molecule has 0 aromatic rings. The lowest BCUT2D eigenvalue weighted by Gasteiger charge is -2.18. The molecule has 0 amide bonds. The highest BCUT2D eigenvalue weighted by molar-refractivity contribution is 5.71. The van der Waals surface area contributed by atoms with E-state index in [1.807, 2.05) is 0 Å². The van der Waals surface area contributed by atoms with E-state index in [9.17, 15) is 14.4 Å². The van der Waals surface area contributed by atoms with Crippen molar-refractivity contribution in [3.8, 4) is 0 Å². The van der Waals surface area contributed by atoms with Crippen LogP contribution in [0.5, 0.6) is 0 Å². The molecule has 0 bridgehead atoms. The first-order valence-corrected chi connectivity index (χ1v) is 29.7. The molecule has 73 heavy (non-hydrogen) atoms. The molecule has 0 N–H and O–H groups in total. The summed E-state index contributed by atoms with van der Waals surface area (Å²) >= 11 is 0. The zero-order chi connectivity index (χ0) is 52.9. The summed E-state index contributed by atoms with van der Waals surface area (Å²) in [7, 11) is 0. The van der Waals surface area contributed by atoms with Gasteiger partial charge in [0.2, 0.25) is 0 Å². The Labute approximate surface area is 449 Å². The molecule has 0 rings (SSSR count). The van der Waals surface area contributed by atoms with E-state index in [0.717, 1.165) is 128 Å². The average Bonchev–Trinajstić information content (AvgIpc) is 3.39. The molecule has 0 spiro atoms. The third kappa shape index (κ3) is 58.3. The van der Waals surface area contributed by atoms with Gasteiger partial charge in [0.1, 0.15) is 13.2 Å². The number of carbonyl (C=O) groups excluding carboxylic acids is 3. The summed E-state index contributed by atoms with van der Waals surface area (Å²) in [5, 5.41) is 0. The lowest BCUT2D eigenvalue weighted by atomic mass is 10.1. The van der Waals surface area contributed by atoms with Crippen LogP contribution in [-0.4, -0.2) is 37.2 Å². The molecular weight excluding hydrogens is 901 g/mol. The average molecular weight is 1010 g/mol. The SMILES string of the molecule is CC/C=C\C/C=C\C/C=C\C/C=C\C/C=C\C/C=C\C/C=C\CCCC(=O)OCC(COC(=O)CCCCCCC/C=C\CCCC)OC(=O)CCCCCCCC/C=C\C/C=C\C/C=C\CCCCCCC. The standard InChI is InChI=1S/C67H108O6/c1-4-7-10-13-16-19-22-24-26-28-30-32-33-35-36-38-40-42-45-48-51-54-57-60-66(69)72-63-64(62-71-65(68)59-56-53-50-47-44-21-18-15-12-9-6-3)73-67(70)61-58-55-52-49-46-43-41-39-37-34-31-29-27-25-23-20-17-14-11-8-5-2/h7,10,15-16,18-19,23-26,29-32,35-37,39-40,42,48,51,64H,4-6,8-9,11-14,17,20-22,27-28,33-34,38,41,43-47,49-50,52-63H2,1-3H3/b10-7-,18-15-,19-16-,25-23-,26-24-,31-29-,32-30-,36-35-,39-37-,42-40-,51-48-. The summed E-state index contributed by atoms with van der Waals surface area (Å²) in [6, 6.07) is 0. The third-order valence-electron chi connectivity index (χ3n) is 12.1. The molecule has 0 radical (unpaired) electrons.